The molecular weight excluding hydrogens is 320 g/mol. The number of para-hydroxylation sites is 2. The average molecular weight is 342 g/mol. The maximum Gasteiger partial charge on any atom is 0.227 e. The number of nitrogens with zero attached hydrogens (tertiary/aromatic N) is 3. The van der Waals surface area contributed by atoms with Crippen LogP contribution in [0.15, 0.2) is 30.3 Å². The van der Waals surface area contributed by atoms with Gasteiger partial charge in [0.2, 0.25) is 5.95 Å². The van der Waals surface area contributed by atoms with Crippen molar-refractivity contribution in [3.63, 3.8) is 0 Å². The number of nitrogen functional groups attached to an aromatic ring is 1. The van der Waals surface area contributed by atoms with Crippen LogP contribution in [0.3, 0.4) is 0 Å². The van der Waals surface area contributed by atoms with Gasteiger partial charge in [0, 0.05) is 24.8 Å². The first-order valence-corrected chi connectivity index (χ1v) is 8.62. The molecule has 7 heteroatoms. The lowest BCUT2D eigenvalue weighted by molar-refractivity contribution is 0.0849. The van der Waals surface area contributed by atoms with Gasteiger partial charge in [-0.2, -0.15) is 4.98 Å². The molecule has 0 aliphatic carbocycles. The molecule has 1 atom stereocenters. The van der Waals surface area contributed by atoms with Crippen LogP contribution >= 0.6 is 0 Å². The van der Waals surface area contributed by atoms with Gasteiger partial charge in [-0.3, -0.25) is 0 Å². The van der Waals surface area contributed by atoms with Crippen molar-refractivity contribution >= 4 is 11.8 Å². The summed E-state index contributed by atoms with van der Waals surface area (Å²) in [6.45, 7) is 3.52. The fraction of sp³-hybridized carbons (Fsp3) is 0.444. The number of aryl methyl sites for hydroxylation is 1. The fourth-order valence-corrected chi connectivity index (χ4v) is 3.05. The molecule has 2 N–H and O–H groups in total. The highest BCUT2D eigenvalue weighted by atomic mass is 16.6. The largest absolute Gasteiger partial charge is 0.486 e. The van der Waals surface area contributed by atoms with Gasteiger partial charge in [0.05, 0.1) is 13.2 Å². The number of nitrogens with two attached hydrogens (primary N) is 1. The maximum atomic E-state index is 6.00. The minimum absolute atomic E-state index is 0.0120. The molecule has 3 heterocycles. The first kappa shape index (κ1) is 16.0. The molecule has 0 amide bonds. The molecule has 1 fully saturated rings. The number of ether oxygens (including phenoxy) is 3. The second-order valence-electron chi connectivity index (χ2n) is 6.22. The molecule has 7 nitrogen and oxygen atoms in total. The van der Waals surface area contributed by atoms with Gasteiger partial charge < -0.3 is 24.8 Å². The molecule has 0 unspecified atom stereocenters. The molecule has 2 aliphatic rings. The SMILES string of the molecule is Nc1cc(CC[C@H]2COc3ccccc3O2)nc(N2CCOCC2)n1. The van der Waals surface area contributed by atoms with Gasteiger partial charge in [-0.25, -0.2) is 4.98 Å². The normalized spacial score (nSPS) is 19.7. The van der Waals surface area contributed by atoms with E-state index in [1.165, 1.54) is 0 Å². The number of aromatic nitrogens is 2. The van der Waals surface area contributed by atoms with Crippen molar-refractivity contribution in [1.82, 2.24) is 9.97 Å². The molecule has 0 saturated carbocycles. The van der Waals surface area contributed by atoms with Crippen LogP contribution in [-0.2, 0) is 11.2 Å². The van der Waals surface area contributed by atoms with Crippen LogP contribution < -0.4 is 20.1 Å². The zero-order chi connectivity index (χ0) is 17.1. The van der Waals surface area contributed by atoms with Crippen molar-refractivity contribution in [2.24, 2.45) is 0 Å². The summed E-state index contributed by atoms with van der Waals surface area (Å²) in [6.07, 6.45) is 1.59. The third kappa shape index (κ3) is 3.76. The topological polar surface area (TPSA) is 82.7 Å². The minimum atomic E-state index is 0.0120. The molecule has 1 aromatic heterocycles. The summed E-state index contributed by atoms with van der Waals surface area (Å²) in [5, 5.41) is 0. The van der Waals surface area contributed by atoms with Crippen LogP contribution in [0, 0.1) is 0 Å². The van der Waals surface area contributed by atoms with Gasteiger partial charge in [-0.1, -0.05) is 12.1 Å². The van der Waals surface area contributed by atoms with Gasteiger partial charge >= 0.3 is 0 Å². The summed E-state index contributed by atoms with van der Waals surface area (Å²) in [5.41, 5.74) is 6.90. The van der Waals surface area contributed by atoms with E-state index in [1.807, 2.05) is 30.3 Å². The van der Waals surface area contributed by atoms with Crippen LogP contribution in [0.1, 0.15) is 12.1 Å². The summed E-state index contributed by atoms with van der Waals surface area (Å²) >= 11 is 0. The van der Waals surface area contributed by atoms with E-state index in [0.29, 0.717) is 31.6 Å². The van der Waals surface area contributed by atoms with E-state index in [2.05, 4.69) is 14.9 Å². The molecule has 1 saturated heterocycles. The van der Waals surface area contributed by atoms with E-state index in [9.17, 15) is 0 Å². The highest BCUT2D eigenvalue weighted by Crippen LogP contribution is 2.31. The number of hydrogen-bond donors (Lipinski definition) is 1. The van der Waals surface area contributed by atoms with E-state index in [4.69, 9.17) is 19.9 Å². The highest BCUT2D eigenvalue weighted by Gasteiger charge is 2.21. The van der Waals surface area contributed by atoms with Crippen LogP contribution in [0.4, 0.5) is 11.8 Å². The monoisotopic (exact) mass is 342 g/mol. The summed E-state index contributed by atoms with van der Waals surface area (Å²) in [4.78, 5) is 11.1. The van der Waals surface area contributed by atoms with E-state index in [1.54, 1.807) is 0 Å². The number of morpholine rings is 1. The van der Waals surface area contributed by atoms with Crippen LogP contribution in [0.25, 0.3) is 0 Å². The van der Waals surface area contributed by atoms with E-state index in [0.717, 1.165) is 43.1 Å². The molecule has 132 valence electrons. The van der Waals surface area contributed by atoms with Gasteiger partial charge in [-0.15, -0.1) is 0 Å². The molecule has 0 bridgehead atoms. The molecule has 2 aromatic rings. The molecule has 25 heavy (non-hydrogen) atoms. The fourth-order valence-electron chi connectivity index (χ4n) is 3.05. The van der Waals surface area contributed by atoms with Crippen LogP contribution in [-0.4, -0.2) is 49.0 Å². The first-order valence-electron chi connectivity index (χ1n) is 8.62. The number of rotatable bonds is 4. The Kier molecular flexibility index (Phi) is 4.56. The predicted molar refractivity (Wildman–Crippen MR) is 94.2 cm³/mol. The number of benzene rings is 1. The summed E-state index contributed by atoms with van der Waals surface area (Å²) in [6, 6.07) is 9.58. The van der Waals surface area contributed by atoms with Gasteiger partial charge in [0.15, 0.2) is 11.5 Å². The van der Waals surface area contributed by atoms with Gasteiger partial charge in [0.25, 0.3) is 0 Å². The Bertz CT molecular complexity index is 734. The first-order chi connectivity index (χ1) is 12.3. The van der Waals surface area contributed by atoms with Crippen molar-refractivity contribution < 1.29 is 14.2 Å². The Morgan fingerprint density at radius 3 is 2.76 bits per heavy atom. The number of hydrogen-bond acceptors (Lipinski definition) is 7. The van der Waals surface area contributed by atoms with Crippen molar-refractivity contribution in [3.8, 4) is 11.5 Å². The molecule has 0 radical (unpaired) electrons. The molecular formula is C18H22N4O3. The highest BCUT2D eigenvalue weighted by molar-refractivity contribution is 5.42. The molecule has 1 aromatic carbocycles. The van der Waals surface area contributed by atoms with Gasteiger partial charge in [0.1, 0.15) is 18.5 Å². The predicted octanol–water partition coefficient (Wildman–Crippen LogP) is 1.67. The summed E-state index contributed by atoms with van der Waals surface area (Å²) in [5.74, 6) is 2.79. The lowest BCUT2D eigenvalue weighted by Crippen LogP contribution is -2.37. The smallest absolute Gasteiger partial charge is 0.227 e. The second kappa shape index (κ2) is 7.14. The molecule has 4 rings (SSSR count). The molecule has 2 aliphatic heterocycles. The van der Waals surface area contributed by atoms with E-state index < -0.39 is 0 Å². The lowest BCUT2D eigenvalue weighted by Gasteiger charge is -2.28. The average Bonchev–Trinajstić information content (AvgIpc) is 2.66. The Morgan fingerprint density at radius 1 is 1.12 bits per heavy atom. The van der Waals surface area contributed by atoms with E-state index in [-0.39, 0.29) is 6.10 Å². The summed E-state index contributed by atoms with van der Waals surface area (Å²) in [7, 11) is 0. The standard InChI is InChI=1S/C18H22N4O3/c19-17-11-13(20-18(21-17)22-7-9-23-10-8-22)5-6-14-12-24-15-3-1-2-4-16(15)25-14/h1-4,11,14H,5-10,12H2,(H2,19,20,21)/t14-/m0/s1. The van der Waals surface area contributed by atoms with Crippen molar-refractivity contribution in [2.45, 2.75) is 18.9 Å². The van der Waals surface area contributed by atoms with E-state index >= 15 is 0 Å². The quantitative estimate of drug-likeness (QED) is 0.905. The Hall–Kier alpha value is -2.54. The van der Waals surface area contributed by atoms with Crippen molar-refractivity contribution in [1.29, 1.82) is 0 Å². The van der Waals surface area contributed by atoms with Gasteiger partial charge in [-0.05, 0) is 25.0 Å². The number of anilines is 2. The zero-order valence-electron chi connectivity index (χ0n) is 14.1. The van der Waals surface area contributed by atoms with Crippen molar-refractivity contribution in [3.05, 3.63) is 36.0 Å². The van der Waals surface area contributed by atoms with Crippen LogP contribution in [0.2, 0.25) is 0 Å². The third-order valence-corrected chi connectivity index (χ3v) is 4.37. The van der Waals surface area contributed by atoms with Crippen LogP contribution in [0.5, 0.6) is 11.5 Å². The molecule has 0 spiro atoms. The Labute approximate surface area is 146 Å². The second-order valence-corrected chi connectivity index (χ2v) is 6.22. The number of fused-ring (bicyclic) bond motifs is 1. The minimum Gasteiger partial charge on any atom is -0.486 e. The Balaban J connectivity index is 1.40. The summed E-state index contributed by atoms with van der Waals surface area (Å²) < 4.78 is 17.1. The maximum absolute atomic E-state index is 6.00. The van der Waals surface area contributed by atoms with Crippen molar-refractivity contribution in [2.75, 3.05) is 43.5 Å². The third-order valence-electron chi connectivity index (χ3n) is 4.37. The Morgan fingerprint density at radius 2 is 1.92 bits per heavy atom. The zero-order valence-corrected chi connectivity index (χ0v) is 14.1. The lowest BCUT2D eigenvalue weighted by atomic mass is 10.1.